The molecule has 0 bridgehead atoms. The maximum Gasteiger partial charge on any atom is 0.0765 e. The molecule has 0 aliphatic carbocycles. The average molecular weight is 243 g/mol. The number of nitrogens with zero attached hydrogens (tertiary/aromatic N) is 1. The van der Waals surface area contributed by atoms with E-state index in [0.29, 0.717) is 5.37 Å². The number of rotatable bonds is 4. The van der Waals surface area contributed by atoms with Gasteiger partial charge in [-0.05, 0) is 31.2 Å². The van der Waals surface area contributed by atoms with Crippen molar-refractivity contribution in [1.29, 1.82) is 0 Å². The monoisotopic (exact) mass is 243 g/mol. The largest absolute Gasteiger partial charge is 0.363 e. The normalized spacial score (nSPS) is 12.1. The lowest BCUT2D eigenvalue weighted by Crippen LogP contribution is -2.25. The van der Waals surface area contributed by atoms with Crippen LogP contribution in [0.5, 0.6) is 0 Å². The van der Waals surface area contributed by atoms with Crippen molar-refractivity contribution in [2.24, 2.45) is 0 Å². The molecule has 0 fully saturated rings. The first-order chi connectivity index (χ1) is 8.27. The van der Waals surface area contributed by atoms with E-state index in [-0.39, 0.29) is 0 Å². The Morgan fingerprint density at radius 3 is 2.00 bits per heavy atom. The highest BCUT2D eigenvalue weighted by Gasteiger charge is 2.10. The Morgan fingerprint density at radius 1 is 0.882 bits per heavy atom. The molecular formula is C15H17NS. The van der Waals surface area contributed by atoms with Gasteiger partial charge < -0.3 is 4.90 Å². The molecule has 2 aromatic rings. The van der Waals surface area contributed by atoms with E-state index < -0.39 is 0 Å². The molecular weight excluding hydrogens is 226 g/mol. The third-order valence-corrected chi connectivity index (χ3v) is 3.96. The van der Waals surface area contributed by atoms with E-state index in [1.54, 1.807) is 0 Å². The molecule has 1 unspecified atom stereocenters. The fourth-order valence-corrected chi connectivity index (χ4v) is 2.64. The van der Waals surface area contributed by atoms with Crippen LogP contribution in [0.4, 0.5) is 5.69 Å². The van der Waals surface area contributed by atoms with Gasteiger partial charge in [0.1, 0.15) is 0 Å². The molecule has 0 spiro atoms. The van der Waals surface area contributed by atoms with E-state index in [2.05, 4.69) is 73.5 Å². The van der Waals surface area contributed by atoms with Crippen LogP contribution in [0.1, 0.15) is 6.92 Å². The zero-order valence-electron chi connectivity index (χ0n) is 10.2. The fraction of sp³-hybridized carbons (Fsp3) is 0.200. The Hall–Kier alpha value is -1.41. The van der Waals surface area contributed by atoms with E-state index in [1.165, 1.54) is 10.6 Å². The molecule has 0 radical (unpaired) electrons. The zero-order valence-corrected chi connectivity index (χ0v) is 11.0. The van der Waals surface area contributed by atoms with Crippen molar-refractivity contribution in [3.63, 3.8) is 0 Å². The van der Waals surface area contributed by atoms with Crippen molar-refractivity contribution in [3.05, 3.63) is 60.7 Å². The SMILES string of the molecule is CC(Sc1ccccc1)N(C)c1ccccc1. The van der Waals surface area contributed by atoms with Crippen molar-refractivity contribution in [1.82, 2.24) is 0 Å². The van der Waals surface area contributed by atoms with Crippen molar-refractivity contribution in [2.75, 3.05) is 11.9 Å². The summed E-state index contributed by atoms with van der Waals surface area (Å²) in [5, 5.41) is 0.416. The van der Waals surface area contributed by atoms with Gasteiger partial charge in [-0.1, -0.05) is 36.4 Å². The molecule has 0 saturated heterocycles. The topological polar surface area (TPSA) is 3.24 Å². The second kappa shape index (κ2) is 5.78. The number of hydrogen-bond donors (Lipinski definition) is 0. The highest BCUT2D eigenvalue weighted by Crippen LogP contribution is 2.27. The minimum atomic E-state index is 0.416. The molecule has 88 valence electrons. The van der Waals surface area contributed by atoms with Gasteiger partial charge >= 0.3 is 0 Å². The summed E-state index contributed by atoms with van der Waals surface area (Å²) in [5.74, 6) is 0. The smallest absolute Gasteiger partial charge is 0.0765 e. The summed E-state index contributed by atoms with van der Waals surface area (Å²) in [6, 6.07) is 21.0. The summed E-state index contributed by atoms with van der Waals surface area (Å²) in [5.41, 5.74) is 1.25. The van der Waals surface area contributed by atoms with Crippen molar-refractivity contribution >= 4 is 17.4 Å². The summed E-state index contributed by atoms with van der Waals surface area (Å²) < 4.78 is 0. The summed E-state index contributed by atoms with van der Waals surface area (Å²) in [6.07, 6.45) is 0. The zero-order chi connectivity index (χ0) is 12.1. The summed E-state index contributed by atoms with van der Waals surface area (Å²) in [7, 11) is 2.13. The van der Waals surface area contributed by atoms with Crippen LogP contribution >= 0.6 is 11.8 Å². The van der Waals surface area contributed by atoms with Crippen LogP contribution in [0, 0.1) is 0 Å². The van der Waals surface area contributed by atoms with Crippen LogP contribution in [0.3, 0.4) is 0 Å². The maximum absolute atomic E-state index is 2.29. The van der Waals surface area contributed by atoms with Gasteiger partial charge in [0.05, 0.1) is 5.37 Å². The summed E-state index contributed by atoms with van der Waals surface area (Å²) in [6.45, 7) is 2.23. The number of thioether (sulfide) groups is 1. The molecule has 0 amide bonds. The molecule has 0 aromatic heterocycles. The first-order valence-electron chi connectivity index (χ1n) is 5.77. The van der Waals surface area contributed by atoms with Crippen LogP contribution in [-0.4, -0.2) is 12.4 Å². The molecule has 0 heterocycles. The van der Waals surface area contributed by atoms with Gasteiger partial charge in [-0.3, -0.25) is 0 Å². The summed E-state index contributed by atoms with van der Waals surface area (Å²) in [4.78, 5) is 3.60. The Balaban J connectivity index is 2.03. The third kappa shape index (κ3) is 3.27. The number of benzene rings is 2. The molecule has 0 saturated carbocycles. The maximum atomic E-state index is 2.29. The Bertz CT molecular complexity index is 441. The predicted molar refractivity (Wildman–Crippen MR) is 76.6 cm³/mol. The predicted octanol–water partition coefficient (Wildman–Crippen LogP) is 4.26. The Kier molecular flexibility index (Phi) is 4.10. The standard InChI is InChI=1S/C15H17NS/c1-13(17-15-11-7-4-8-12-15)16(2)14-9-5-3-6-10-14/h3-13H,1-2H3. The molecule has 1 nitrogen and oxygen atoms in total. The van der Waals surface area contributed by atoms with Crippen molar-refractivity contribution in [3.8, 4) is 0 Å². The van der Waals surface area contributed by atoms with Gasteiger partial charge in [-0.2, -0.15) is 0 Å². The van der Waals surface area contributed by atoms with Crippen LogP contribution < -0.4 is 4.90 Å². The van der Waals surface area contributed by atoms with E-state index in [1.807, 2.05) is 17.8 Å². The molecule has 2 heteroatoms. The van der Waals surface area contributed by atoms with Gasteiger partial charge in [0.25, 0.3) is 0 Å². The average Bonchev–Trinajstić information content (AvgIpc) is 2.40. The summed E-state index contributed by atoms with van der Waals surface area (Å²) >= 11 is 1.87. The number of para-hydroxylation sites is 1. The van der Waals surface area contributed by atoms with E-state index in [9.17, 15) is 0 Å². The van der Waals surface area contributed by atoms with Gasteiger partial charge in [-0.25, -0.2) is 0 Å². The van der Waals surface area contributed by atoms with E-state index in [0.717, 1.165) is 0 Å². The molecule has 2 rings (SSSR count). The van der Waals surface area contributed by atoms with Crippen molar-refractivity contribution < 1.29 is 0 Å². The highest BCUT2D eigenvalue weighted by molar-refractivity contribution is 8.00. The molecule has 0 N–H and O–H groups in total. The third-order valence-electron chi connectivity index (χ3n) is 2.76. The highest BCUT2D eigenvalue weighted by atomic mass is 32.2. The number of hydrogen-bond acceptors (Lipinski definition) is 2. The lowest BCUT2D eigenvalue weighted by atomic mass is 10.3. The van der Waals surface area contributed by atoms with E-state index in [4.69, 9.17) is 0 Å². The quantitative estimate of drug-likeness (QED) is 0.583. The van der Waals surface area contributed by atoms with Gasteiger partial charge in [0.15, 0.2) is 0 Å². The molecule has 2 aromatic carbocycles. The van der Waals surface area contributed by atoms with Crippen LogP contribution in [0.15, 0.2) is 65.6 Å². The van der Waals surface area contributed by atoms with Gasteiger partial charge in [0, 0.05) is 17.6 Å². The first-order valence-corrected chi connectivity index (χ1v) is 6.65. The fourth-order valence-electron chi connectivity index (χ4n) is 1.65. The molecule has 1 atom stereocenters. The van der Waals surface area contributed by atoms with Gasteiger partial charge in [0.2, 0.25) is 0 Å². The lowest BCUT2D eigenvalue weighted by Gasteiger charge is -2.26. The van der Waals surface area contributed by atoms with Crippen LogP contribution in [0.25, 0.3) is 0 Å². The van der Waals surface area contributed by atoms with Crippen LogP contribution in [-0.2, 0) is 0 Å². The second-order valence-electron chi connectivity index (χ2n) is 3.98. The molecule has 17 heavy (non-hydrogen) atoms. The van der Waals surface area contributed by atoms with E-state index >= 15 is 0 Å². The molecule has 0 aliphatic heterocycles. The Labute approximate surface area is 107 Å². The minimum Gasteiger partial charge on any atom is -0.363 e. The van der Waals surface area contributed by atoms with Crippen molar-refractivity contribution in [2.45, 2.75) is 17.2 Å². The Morgan fingerprint density at radius 2 is 1.41 bits per heavy atom. The van der Waals surface area contributed by atoms with Crippen LogP contribution in [0.2, 0.25) is 0 Å². The van der Waals surface area contributed by atoms with Gasteiger partial charge in [-0.15, -0.1) is 11.8 Å². The lowest BCUT2D eigenvalue weighted by molar-refractivity contribution is 0.907. The number of anilines is 1. The first kappa shape index (κ1) is 12.1. The molecule has 0 aliphatic rings. The second-order valence-corrected chi connectivity index (χ2v) is 5.37. The minimum absolute atomic E-state index is 0.416.